The average molecular weight is 236 g/mol. The van der Waals surface area contributed by atoms with Gasteiger partial charge in [-0.2, -0.15) is 0 Å². The molecule has 0 aromatic heterocycles. The first-order valence-corrected chi connectivity index (χ1v) is 6.36. The highest BCUT2D eigenvalue weighted by atomic mass is 16.3. The van der Waals surface area contributed by atoms with E-state index in [1.165, 1.54) is 0 Å². The normalized spacial score (nSPS) is 32.8. The van der Waals surface area contributed by atoms with E-state index in [1.807, 2.05) is 6.92 Å². The third kappa shape index (κ3) is 2.91. The summed E-state index contributed by atoms with van der Waals surface area (Å²) in [4.78, 5) is 0. The lowest BCUT2D eigenvalue weighted by molar-refractivity contribution is -0.0860. The summed E-state index contributed by atoms with van der Waals surface area (Å²) in [7, 11) is 0. The maximum Gasteiger partial charge on any atom is 0.133 e. The lowest BCUT2D eigenvalue weighted by Gasteiger charge is -2.47. The molecule has 0 bridgehead atoms. The topological polar surface area (TPSA) is 40.5 Å². The molecule has 0 radical (unpaired) electrons. The van der Waals surface area contributed by atoms with E-state index in [4.69, 9.17) is 5.11 Å². The number of rotatable bonds is 1. The Morgan fingerprint density at radius 1 is 1.47 bits per heavy atom. The van der Waals surface area contributed by atoms with Crippen LogP contribution >= 0.6 is 0 Å². The van der Waals surface area contributed by atoms with Gasteiger partial charge < -0.3 is 10.2 Å². The van der Waals surface area contributed by atoms with Crippen molar-refractivity contribution in [3.63, 3.8) is 0 Å². The van der Waals surface area contributed by atoms with Gasteiger partial charge in [-0.05, 0) is 37.3 Å². The van der Waals surface area contributed by atoms with Crippen molar-refractivity contribution >= 4 is 0 Å². The summed E-state index contributed by atoms with van der Waals surface area (Å²) < 4.78 is 0. The van der Waals surface area contributed by atoms with Gasteiger partial charge in [0.1, 0.15) is 5.60 Å². The van der Waals surface area contributed by atoms with Gasteiger partial charge in [-0.1, -0.05) is 39.0 Å². The lowest BCUT2D eigenvalue weighted by atomic mass is 9.61. The molecule has 0 spiro atoms. The first-order valence-electron chi connectivity index (χ1n) is 6.36. The fourth-order valence-corrected chi connectivity index (χ4v) is 2.59. The molecule has 1 saturated carbocycles. The molecule has 2 unspecified atom stereocenters. The second kappa shape index (κ2) is 5.25. The third-order valence-electron chi connectivity index (χ3n) is 4.03. The summed E-state index contributed by atoms with van der Waals surface area (Å²) in [6.07, 6.45) is 4.85. The number of aliphatic hydroxyl groups is 2. The highest BCUT2D eigenvalue weighted by Crippen LogP contribution is 2.46. The maximum atomic E-state index is 10.8. The number of allylic oxidation sites excluding steroid dienone is 1. The van der Waals surface area contributed by atoms with Gasteiger partial charge in [0.05, 0.1) is 6.61 Å². The Labute approximate surface area is 105 Å². The molecule has 2 N–H and O–H groups in total. The number of hydrogen-bond donors (Lipinski definition) is 2. The summed E-state index contributed by atoms with van der Waals surface area (Å²) in [6.45, 7) is 8.09. The van der Waals surface area contributed by atoms with Crippen LogP contribution in [0.25, 0.3) is 0 Å². The first kappa shape index (κ1) is 14.3. The number of aliphatic hydroxyl groups excluding tert-OH is 1. The zero-order valence-corrected chi connectivity index (χ0v) is 11.4. The molecule has 0 heterocycles. The van der Waals surface area contributed by atoms with E-state index < -0.39 is 5.60 Å². The Bertz CT molecular complexity index is 357. The van der Waals surface area contributed by atoms with Gasteiger partial charge >= 0.3 is 0 Å². The van der Waals surface area contributed by atoms with Crippen molar-refractivity contribution in [3.05, 3.63) is 11.6 Å². The lowest BCUT2D eigenvalue weighted by Crippen LogP contribution is -2.51. The van der Waals surface area contributed by atoms with Gasteiger partial charge in [0.15, 0.2) is 0 Å². The Balaban J connectivity index is 3.01. The van der Waals surface area contributed by atoms with Crippen LogP contribution in [0.15, 0.2) is 11.6 Å². The molecule has 0 aliphatic heterocycles. The third-order valence-corrected chi connectivity index (χ3v) is 4.03. The summed E-state index contributed by atoms with van der Waals surface area (Å²) in [5, 5.41) is 19.6. The highest BCUT2D eigenvalue weighted by Gasteiger charge is 2.48. The smallest absolute Gasteiger partial charge is 0.133 e. The largest absolute Gasteiger partial charge is 0.392 e. The molecule has 1 aliphatic rings. The Kier molecular flexibility index (Phi) is 4.41. The van der Waals surface area contributed by atoms with Crippen LogP contribution in [-0.4, -0.2) is 22.4 Å². The molecule has 0 aromatic carbocycles. The van der Waals surface area contributed by atoms with E-state index in [2.05, 4.69) is 32.6 Å². The highest BCUT2D eigenvalue weighted by molar-refractivity contribution is 5.32. The minimum atomic E-state index is -0.921. The van der Waals surface area contributed by atoms with Crippen molar-refractivity contribution in [2.45, 2.75) is 52.6 Å². The molecule has 2 nitrogen and oxygen atoms in total. The first-order chi connectivity index (χ1) is 7.83. The van der Waals surface area contributed by atoms with Crippen LogP contribution in [0.3, 0.4) is 0 Å². The fraction of sp³-hybridized carbons (Fsp3) is 0.733. The summed E-state index contributed by atoms with van der Waals surface area (Å²) >= 11 is 0. The molecule has 2 atom stereocenters. The van der Waals surface area contributed by atoms with Crippen LogP contribution in [0.4, 0.5) is 0 Å². The molecule has 96 valence electrons. The second-order valence-electron chi connectivity index (χ2n) is 5.76. The van der Waals surface area contributed by atoms with Crippen molar-refractivity contribution in [2.24, 2.45) is 11.3 Å². The Morgan fingerprint density at radius 3 is 2.65 bits per heavy atom. The zero-order chi connectivity index (χ0) is 13.1. The molecular formula is C15H24O2. The van der Waals surface area contributed by atoms with Gasteiger partial charge in [0, 0.05) is 5.41 Å². The van der Waals surface area contributed by atoms with Crippen LogP contribution in [0.5, 0.6) is 0 Å². The SMILES string of the molecule is C/C(C#CC1(O)C(C)CCCC1(C)C)=C/CO. The van der Waals surface area contributed by atoms with Gasteiger partial charge in [-0.3, -0.25) is 0 Å². The molecule has 1 rings (SSSR count). The standard InChI is InChI=1S/C15H24O2/c1-12(8-11-16)7-10-15(17)13(2)6-5-9-14(15,3)4/h8,13,16-17H,5-6,9,11H2,1-4H3/b12-8-. The van der Waals surface area contributed by atoms with E-state index in [0.717, 1.165) is 24.8 Å². The van der Waals surface area contributed by atoms with Gasteiger partial charge in [-0.25, -0.2) is 0 Å². The van der Waals surface area contributed by atoms with Crippen LogP contribution in [-0.2, 0) is 0 Å². The van der Waals surface area contributed by atoms with Crippen molar-refractivity contribution in [2.75, 3.05) is 6.61 Å². The van der Waals surface area contributed by atoms with Crippen LogP contribution in [0.1, 0.15) is 47.0 Å². The predicted octanol–water partition coefficient (Wildman–Crippen LogP) is 2.51. The second-order valence-corrected chi connectivity index (χ2v) is 5.76. The van der Waals surface area contributed by atoms with Crippen molar-refractivity contribution in [1.82, 2.24) is 0 Å². The molecule has 1 aliphatic carbocycles. The zero-order valence-electron chi connectivity index (χ0n) is 11.4. The van der Waals surface area contributed by atoms with Crippen LogP contribution < -0.4 is 0 Å². The molecular weight excluding hydrogens is 212 g/mol. The van der Waals surface area contributed by atoms with E-state index in [1.54, 1.807) is 6.08 Å². The van der Waals surface area contributed by atoms with Gasteiger partial charge in [-0.15, -0.1) is 0 Å². The van der Waals surface area contributed by atoms with Crippen molar-refractivity contribution in [1.29, 1.82) is 0 Å². The minimum Gasteiger partial charge on any atom is -0.392 e. The fourth-order valence-electron chi connectivity index (χ4n) is 2.59. The monoisotopic (exact) mass is 236 g/mol. The summed E-state index contributed by atoms with van der Waals surface area (Å²) in [5.41, 5.74) is -0.276. The Morgan fingerprint density at radius 2 is 2.12 bits per heavy atom. The quantitative estimate of drug-likeness (QED) is 0.687. The summed E-state index contributed by atoms with van der Waals surface area (Å²) in [6, 6.07) is 0. The molecule has 0 saturated heterocycles. The summed E-state index contributed by atoms with van der Waals surface area (Å²) in [5.74, 6) is 6.22. The molecule has 0 amide bonds. The molecule has 17 heavy (non-hydrogen) atoms. The molecule has 0 aromatic rings. The van der Waals surface area contributed by atoms with Crippen molar-refractivity contribution in [3.8, 4) is 11.8 Å². The van der Waals surface area contributed by atoms with Gasteiger partial charge in [0.2, 0.25) is 0 Å². The minimum absolute atomic E-state index is 0.00209. The average Bonchev–Trinajstić information content (AvgIpc) is 2.24. The van der Waals surface area contributed by atoms with Gasteiger partial charge in [0.25, 0.3) is 0 Å². The maximum absolute atomic E-state index is 10.8. The molecule has 2 heteroatoms. The predicted molar refractivity (Wildman–Crippen MR) is 70.4 cm³/mol. The number of hydrogen-bond acceptors (Lipinski definition) is 2. The van der Waals surface area contributed by atoms with E-state index >= 15 is 0 Å². The van der Waals surface area contributed by atoms with Crippen molar-refractivity contribution < 1.29 is 10.2 Å². The molecule has 1 fully saturated rings. The van der Waals surface area contributed by atoms with Crippen LogP contribution in [0.2, 0.25) is 0 Å². The van der Waals surface area contributed by atoms with E-state index in [9.17, 15) is 5.11 Å². The van der Waals surface area contributed by atoms with E-state index in [-0.39, 0.29) is 17.9 Å². The van der Waals surface area contributed by atoms with E-state index in [0.29, 0.717) is 0 Å². The Hall–Kier alpha value is -0.780. The van der Waals surface area contributed by atoms with Crippen LogP contribution in [0, 0.1) is 23.2 Å².